The molecule has 0 aliphatic heterocycles. The zero-order valence-corrected chi connectivity index (χ0v) is 10.8. The molecule has 4 nitrogen and oxygen atoms in total. The molecule has 2 N–H and O–H groups in total. The Balaban J connectivity index is 2.05. The first-order valence-corrected chi connectivity index (χ1v) is 6.14. The Morgan fingerprint density at radius 1 is 1.24 bits per heavy atom. The van der Waals surface area contributed by atoms with Crippen LogP contribution in [0.5, 0.6) is 0 Å². The number of carbonyl (C=O) groups is 1. The topological polar surface area (TPSA) is 54.3 Å². The number of aliphatic hydroxyl groups is 1. The minimum absolute atomic E-state index is 0.218. The molecule has 2 aromatic rings. The van der Waals surface area contributed by atoms with E-state index in [4.69, 9.17) is 5.11 Å². The number of hydrogen-bond donors (Lipinski definition) is 2. The van der Waals surface area contributed by atoms with Gasteiger partial charge in [-0.1, -0.05) is 6.07 Å². The summed E-state index contributed by atoms with van der Waals surface area (Å²) in [5.41, 5.74) is 0.930. The summed E-state index contributed by atoms with van der Waals surface area (Å²) < 4.78 is 38.2. The van der Waals surface area contributed by atoms with Crippen LogP contribution < -0.4 is 5.32 Å². The molecule has 1 aromatic carbocycles. The van der Waals surface area contributed by atoms with E-state index in [2.05, 4.69) is 5.32 Å². The number of carbonyl (C=O) groups excluding carboxylic acids is 1. The smallest absolute Gasteiger partial charge is 0.382 e. The lowest BCUT2D eigenvalue weighted by Gasteiger charge is -2.15. The molecule has 0 radical (unpaired) electrons. The Kier molecular flexibility index (Phi) is 4.32. The minimum Gasteiger partial charge on any atom is -0.382 e. The third-order valence-corrected chi connectivity index (χ3v) is 2.84. The number of halogens is 3. The quantitative estimate of drug-likeness (QED) is 0.908. The molecule has 0 aliphatic carbocycles. The van der Waals surface area contributed by atoms with Gasteiger partial charge in [-0.2, -0.15) is 13.2 Å². The van der Waals surface area contributed by atoms with E-state index >= 15 is 0 Å². The highest BCUT2D eigenvalue weighted by atomic mass is 19.4. The molecule has 1 atom stereocenters. The van der Waals surface area contributed by atoms with Crippen molar-refractivity contribution in [3.63, 3.8) is 0 Å². The molecule has 1 amide bonds. The minimum atomic E-state index is -4.75. The lowest BCUT2D eigenvalue weighted by molar-refractivity contribution is -0.201. The van der Waals surface area contributed by atoms with E-state index in [9.17, 15) is 18.0 Å². The Hall–Kier alpha value is -2.28. The van der Waals surface area contributed by atoms with Gasteiger partial charge < -0.3 is 15.0 Å². The number of amides is 1. The van der Waals surface area contributed by atoms with E-state index in [0.29, 0.717) is 5.69 Å². The van der Waals surface area contributed by atoms with Gasteiger partial charge in [0.25, 0.3) is 5.91 Å². The van der Waals surface area contributed by atoms with Crippen LogP contribution in [0.3, 0.4) is 0 Å². The zero-order valence-electron chi connectivity index (χ0n) is 10.8. The van der Waals surface area contributed by atoms with E-state index in [1.807, 2.05) is 12.1 Å². The molecule has 2 rings (SSSR count). The first kappa shape index (κ1) is 15.1. The van der Waals surface area contributed by atoms with Crippen molar-refractivity contribution in [3.05, 3.63) is 54.4 Å². The highest BCUT2D eigenvalue weighted by Crippen LogP contribution is 2.19. The van der Waals surface area contributed by atoms with Crippen molar-refractivity contribution in [2.75, 3.05) is 6.54 Å². The molecule has 0 saturated carbocycles. The predicted octanol–water partition coefficient (Wildman–Crippen LogP) is 2.13. The lowest BCUT2D eigenvalue weighted by Crippen LogP contribution is -2.40. The van der Waals surface area contributed by atoms with Crippen molar-refractivity contribution in [3.8, 4) is 5.69 Å². The molecule has 7 heteroatoms. The number of nitrogens with one attached hydrogen (secondary N) is 1. The molecule has 1 unspecified atom stereocenters. The second kappa shape index (κ2) is 6.01. The summed E-state index contributed by atoms with van der Waals surface area (Å²) in [7, 11) is 0. The number of hydrogen-bond acceptors (Lipinski definition) is 2. The number of aliphatic hydroxyl groups excluding tert-OH is 1. The average molecular weight is 298 g/mol. The molecule has 0 saturated heterocycles. The fourth-order valence-corrected chi connectivity index (χ4v) is 1.72. The number of alkyl halides is 3. The molecule has 0 aliphatic rings. The Morgan fingerprint density at radius 3 is 2.52 bits per heavy atom. The van der Waals surface area contributed by atoms with Crippen LogP contribution in [0.15, 0.2) is 48.8 Å². The summed E-state index contributed by atoms with van der Waals surface area (Å²) >= 11 is 0. The van der Waals surface area contributed by atoms with Gasteiger partial charge in [-0.3, -0.25) is 4.79 Å². The second-order valence-electron chi connectivity index (χ2n) is 4.41. The molecule has 1 aromatic heterocycles. The average Bonchev–Trinajstić information content (AvgIpc) is 2.97. The maximum atomic E-state index is 12.1. The lowest BCUT2D eigenvalue weighted by atomic mass is 10.2. The van der Waals surface area contributed by atoms with E-state index < -0.39 is 24.7 Å². The van der Waals surface area contributed by atoms with Gasteiger partial charge in [-0.25, -0.2) is 0 Å². The molecule has 1 heterocycles. The second-order valence-corrected chi connectivity index (χ2v) is 4.41. The number of nitrogens with zero attached hydrogens (tertiary/aromatic N) is 1. The van der Waals surface area contributed by atoms with Gasteiger partial charge in [-0.15, -0.1) is 0 Å². The maximum Gasteiger partial charge on any atom is 0.416 e. The van der Waals surface area contributed by atoms with Crippen LogP contribution in [-0.4, -0.2) is 34.4 Å². The largest absolute Gasteiger partial charge is 0.416 e. The van der Waals surface area contributed by atoms with Gasteiger partial charge in [-0.05, 0) is 30.3 Å². The SMILES string of the molecule is O=C(NCC(O)C(F)(F)F)c1cccc(-n2cccc2)c1. The van der Waals surface area contributed by atoms with Crippen molar-refractivity contribution < 1.29 is 23.1 Å². The van der Waals surface area contributed by atoms with Crippen molar-refractivity contribution in [1.82, 2.24) is 9.88 Å². The summed E-state index contributed by atoms with van der Waals surface area (Å²) in [4.78, 5) is 11.8. The predicted molar refractivity (Wildman–Crippen MR) is 70.2 cm³/mol. The van der Waals surface area contributed by atoms with E-state index in [-0.39, 0.29) is 5.56 Å². The molecule has 21 heavy (non-hydrogen) atoms. The van der Waals surface area contributed by atoms with Crippen LogP contribution in [0.25, 0.3) is 5.69 Å². The van der Waals surface area contributed by atoms with Crippen LogP contribution in [0.4, 0.5) is 13.2 Å². The van der Waals surface area contributed by atoms with E-state index in [0.717, 1.165) is 0 Å². The molecule has 0 bridgehead atoms. The maximum absolute atomic E-state index is 12.1. The van der Waals surface area contributed by atoms with Gasteiger partial charge >= 0.3 is 6.18 Å². The number of aromatic nitrogens is 1. The van der Waals surface area contributed by atoms with Crippen LogP contribution >= 0.6 is 0 Å². The van der Waals surface area contributed by atoms with Crippen LogP contribution in [-0.2, 0) is 0 Å². The molecule has 0 fully saturated rings. The summed E-state index contributed by atoms with van der Waals surface area (Å²) in [6.45, 7) is -0.879. The van der Waals surface area contributed by atoms with Crippen molar-refractivity contribution in [2.24, 2.45) is 0 Å². The fourth-order valence-electron chi connectivity index (χ4n) is 1.72. The Labute approximate surface area is 118 Å². The highest BCUT2D eigenvalue weighted by molar-refractivity contribution is 5.94. The van der Waals surface area contributed by atoms with Gasteiger partial charge in [0.15, 0.2) is 6.10 Å². The van der Waals surface area contributed by atoms with E-state index in [1.54, 1.807) is 35.2 Å². The zero-order chi connectivity index (χ0) is 15.5. The van der Waals surface area contributed by atoms with Crippen LogP contribution in [0.2, 0.25) is 0 Å². The first-order chi connectivity index (χ1) is 9.88. The van der Waals surface area contributed by atoms with Crippen molar-refractivity contribution in [2.45, 2.75) is 12.3 Å². The summed E-state index contributed by atoms with van der Waals surface area (Å²) in [6, 6.07) is 10.1. The monoisotopic (exact) mass is 298 g/mol. The van der Waals surface area contributed by atoms with Crippen LogP contribution in [0, 0.1) is 0 Å². The van der Waals surface area contributed by atoms with Crippen LogP contribution in [0.1, 0.15) is 10.4 Å². The highest BCUT2D eigenvalue weighted by Gasteiger charge is 2.38. The molecular weight excluding hydrogens is 285 g/mol. The summed E-state index contributed by atoms with van der Waals surface area (Å²) in [5, 5.41) is 10.9. The van der Waals surface area contributed by atoms with E-state index in [1.165, 1.54) is 6.07 Å². The Bertz CT molecular complexity index is 609. The van der Waals surface area contributed by atoms with Crippen molar-refractivity contribution >= 4 is 5.91 Å². The summed E-state index contributed by atoms with van der Waals surface area (Å²) in [5.74, 6) is -0.674. The third-order valence-electron chi connectivity index (χ3n) is 2.84. The van der Waals surface area contributed by atoms with Crippen molar-refractivity contribution in [1.29, 1.82) is 0 Å². The van der Waals surface area contributed by atoms with Gasteiger partial charge in [0.05, 0.1) is 6.54 Å². The fraction of sp³-hybridized carbons (Fsp3) is 0.214. The molecule has 112 valence electrons. The standard InChI is InChI=1S/C14H13F3N2O2/c15-14(16,17)12(20)9-18-13(21)10-4-3-5-11(8-10)19-6-1-2-7-19/h1-8,12,20H,9H2,(H,18,21). The van der Waals surface area contributed by atoms with Gasteiger partial charge in [0.2, 0.25) is 0 Å². The first-order valence-electron chi connectivity index (χ1n) is 6.14. The number of rotatable bonds is 4. The summed E-state index contributed by atoms with van der Waals surface area (Å²) in [6.07, 6.45) is -3.76. The third kappa shape index (κ3) is 3.85. The van der Waals surface area contributed by atoms with Gasteiger partial charge in [0, 0.05) is 23.6 Å². The molecular formula is C14H13F3N2O2. The molecule has 0 spiro atoms. The normalized spacial score (nSPS) is 13.0. The number of benzene rings is 1. The Morgan fingerprint density at radius 2 is 1.90 bits per heavy atom. The van der Waals surface area contributed by atoms with Gasteiger partial charge in [0.1, 0.15) is 0 Å².